The fraction of sp³-hybridized carbons (Fsp3) is 0.290. The van der Waals surface area contributed by atoms with Gasteiger partial charge < -0.3 is 15.8 Å². The highest BCUT2D eigenvalue weighted by Crippen LogP contribution is 2.30. The van der Waals surface area contributed by atoms with E-state index < -0.39 is 11.7 Å². The van der Waals surface area contributed by atoms with Crippen LogP contribution in [0, 0.1) is 12.7 Å². The number of carbonyl (C=O) groups excluding carboxylic acids is 2. The van der Waals surface area contributed by atoms with Crippen LogP contribution in [0.25, 0.3) is 22.2 Å². The van der Waals surface area contributed by atoms with Gasteiger partial charge in [0.15, 0.2) is 0 Å². The highest BCUT2D eigenvalue weighted by atomic mass is 35.5. The van der Waals surface area contributed by atoms with Gasteiger partial charge in [0.25, 0.3) is 5.91 Å². The van der Waals surface area contributed by atoms with Crippen LogP contribution in [-0.2, 0) is 12.8 Å². The number of aromatic nitrogens is 2. The molecule has 2 aromatic heterocycles. The van der Waals surface area contributed by atoms with Crippen LogP contribution in [0.3, 0.4) is 0 Å². The Morgan fingerprint density at radius 3 is 2.37 bits per heavy atom. The maximum Gasteiger partial charge on any atom is 0.251 e. The Morgan fingerprint density at radius 2 is 1.76 bits per heavy atom. The quantitative estimate of drug-likeness (QED) is 0.210. The van der Waals surface area contributed by atoms with E-state index in [1.165, 1.54) is 25.7 Å². The molecule has 0 spiro atoms. The summed E-state index contributed by atoms with van der Waals surface area (Å²) >= 11 is 12.1. The first-order valence-corrected chi connectivity index (χ1v) is 14.0. The number of nitrogens with one attached hydrogen (secondary N) is 1. The lowest BCUT2D eigenvalue weighted by Crippen LogP contribution is -2.26. The number of pyridine rings is 2. The lowest BCUT2D eigenvalue weighted by Gasteiger charge is -2.15. The SMILES string of the molecule is CCC.CCc1c(C(N)=O)cc(CCNC(=O)c2cc(OC)c3nc(Cl)c(C)cc3c2)nc1-c1ccc(F)c(Cl)c1. The molecule has 0 atom stereocenters. The lowest BCUT2D eigenvalue weighted by molar-refractivity contribution is 0.0952. The van der Waals surface area contributed by atoms with Crippen LogP contribution in [0.4, 0.5) is 4.39 Å². The van der Waals surface area contributed by atoms with Gasteiger partial charge in [-0.15, -0.1) is 0 Å². The van der Waals surface area contributed by atoms with Crippen molar-refractivity contribution < 1.29 is 18.7 Å². The van der Waals surface area contributed by atoms with E-state index in [1.807, 2.05) is 19.9 Å². The molecule has 4 rings (SSSR count). The van der Waals surface area contributed by atoms with Gasteiger partial charge in [-0.2, -0.15) is 0 Å². The number of hydrogen-bond donors (Lipinski definition) is 2. The normalized spacial score (nSPS) is 10.6. The highest BCUT2D eigenvalue weighted by molar-refractivity contribution is 6.31. The summed E-state index contributed by atoms with van der Waals surface area (Å²) in [6, 6.07) is 11.1. The summed E-state index contributed by atoms with van der Waals surface area (Å²) < 4.78 is 19.2. The molecule has 0 aliphatic carbocycles. The Balaban J connectivity index is 0.00000147. The number of benzene rings is 2. The number of ether oxygens (including phenoxy) is 1. The largest absolute Gasteiger partial charge is 0.494 e. The van der Waals surface area contributed by atoms with Crippen molar-refractivity contribution in [2.24, 2.45) is 5.73 Å². The van der Waals surface area contributed by atoms with Crippen LogP contribution in [0.5, 0.6) is 5.75 Å². The summed E-state index contributed by atoms with van der Waals surface area (Å²) in [5.41, 5.74) is 9.95. The van der Waals surface area contributed by atoms with E-state index in [2.05, 4.69) is 24.1 Å². The van der Waals surface area contributed by atoms with Crippen molar-refractivity contribution in [3.05, 3.63) is 86.4 Å². The Labute approximate surface area is 249 Å². The molecule has 10 heteroatoms. The second-order valence-electron chi connectivity index (χ2n) is 9.39. The van der Waals surface area contributed by atoms with Gasteiger partial charge in [0.05, 0.1) is 17.8 Å². The summed E-state index contributed by atoms with van der Waals surface area (Å²) in [6.07, 6.45) is 2.05. The van der Waals surface area contributed by atoms with Gasteiger partial charge in [0, 0.05) is 40.7 Å². The van der Waals surface area contributed by atoms with Gasteiger partial charge in [0.2, 0.25) is 5.91 Å². The molecular formula is C31H33Cl2FN4O3. The van der Waals surface area contributed by atoms with Crippen LogP contribution < -0.4 is 15.8 Å². The maximum absolute atomic E-state index is 13.8. The van der Waals surface area contributed by atoms with E-state index in [4.69, 9.17) is 38.7 Å². The average molecular weight is 600 g/mol. The predicted octanol–water partition coefficient (Wildman–Crippen LogP) is 7.11. The van der Waals surface area contributed by atoms with Crippen molar-refractivity contribution in [3.63, 3.8) is 0 Å². The summed E-state index contributed by atoms with van der Waals surface area (Å²) in [6.45, 7) is 8.19. The molecule has 2 amide bonds. The third-order valence-electron chi connectivity index (χ3n) is 6.15. The summed E-state index contributed by atoms with van der Waals surface area (Å²) in [5.74, 6) is -1.04. The van der Waals surface area contributed by atoms with E-state index in [0.29, 0.717) is 62.9 Å². The minimum absolute atomic E-state index is 0.0527. The average Bonchev–Trinajstić information content (AvgIpc) is 2.94. The number of rotatable bonds is 8. The van der Waals surface area contributed by atoms with Crippen LogP contribution in [0.2, 0.25) is 10.2 Å². The van der Waals surface area contributed by atoms with E-state index in [1.54, 1.807) is 24.3 Å². The summed E-state index contributed by atoms with van der Waals surface area (Å²) in [4.78, 5) is 34.3. The molecule has 0 aliphatic heterocycles. The van der Waals surface area contributed by atoms with E-state index in [-0.39, 0.29) is 17.5 Å². The fourth-order valence-electron chi connectivity index (χ4n) is 4.24. The predicted molar refractivity (Wildman–Crippen MR) is 163 cm³/mol. The topological polar surface area (TPSA) is 107 Å². The molecule has 7 nitrogen and oxygen atoms in total. The summed E-state index contributed by atoms with van der Waals surface area (Å²) in [7, 11) is 1.50. The number of amides is 2. The zero-order valence-electron chi connectivity index (χ0n) is 23.7. The molecule has 0 radical (unpaired) electrons. The molecule has 0 aliphatic rings. The minimum atomic E-state index is -0.601. The molecule has 216 valence electrons. The number of fused-ring (bicyclic) bond motifs is 1. The standard InChI is InChI=1S/C28H25Cl2FN4O3.C3H8/c1-4-19-20(27(32)36)13-18(34-24(19)15-5-6-22(31)21(29)11-15)7-8-33-28(37)17-10-16-9-14(2)26(30)35-25(16)23(12-17)38-3;1-3-2/h5-6,9-13H,4,7-8H2,1-3H3,(H2,32,36)(H,33,37);3H2,1-2H3. The molecule has 2 aromatic carbocycles. The Bertz CT molecular complexity index is 1590. The van der Waals surface area contributed by atoms with Crippen LogP contribution >= 0.6 is 23.2 Å². The second kappa shape index (κ2) is 14.2. The number of methoxy groups -OCH3 is 1. The van der Waals surface area contributed by atoms with Crippen molar-refractivity contribution in [1.29, 1.82) is 0 Å². The van der Waals surface area contributed by atoms with Crippen LogP contribution in [-0.4, -0.2) is 35.4 Å². The van der Waals surface area contributed by atoms with Crippen molar-refractivity contribution >= 4 is 45.9 Å². The van der Waals surface area contributed by atoms with Crippen LogP contribution in [0.15, 0.2) is 42.5 Å². The number of carbonyl (C=O) groups is 2. The number of hydrogen-bond acceptors (Lipinski definition) is 5. The van der Waals surface area contributed by atoms with Gasteiger partial charge >= 0.3 is 0 Å². The Hall–Kier alpha value is -3.75. The van der Waals surface area contributed by atoms with E-state index in [9.17, 15) is 14.0 Å². The molecule has 3 N–H and O–H groups in total. The highest BCUT2D eigenvalue weighted by Gasteiger charge is 2.18. The van der Waals surface area contributed by atoms with Crippen molar-refractivity contribution in [3.8, 4) is 17.0 Å². The third kappa shape index (κ3) is 7.51. The first-order valence-electron chi connectivity index (χ1n) is 13.3. The molecule has 4 aromatic rings. The number of aryl methyl sites for hydroxylation is 1. The zero-order valence-corrected chi connectivity index (χ0v) is 25.2. The Morgan fingerprint density at radius 1 is 1.05 bits per heavy atom. The minimum Gasteiger partial charge on any atom is -0.494 e. The van der Waals surface area contributed by atoms with Crippen molar-refractivity contribution in [1.82, 2.24) is 15.3 Å². The monoisotopic (exact) mass is 598 g/mol. The number of nitrogens with zero attached hydrogens (tertiary/aromatic N) is 2. The van der Waals surface area contributed by atoms with E-state index >= 15 is 0 Å². The fourth-order valence-corrected chi connectivity index (χ4v) is 4.56. The van der Waals surface area contributed by atoms with Gasteiger partial charge in [-0.1, -0.05) is 50.4 Å². The first kappa shape index (κ1) is 31.8. The maximum atomic E-state index is 13.8. The zero-order chi connectivity index (χ0) is 30.3. The molecule has 0 bridgehead atoms. The molecule has 41 heavy (non-hydrogen) atoms. The van der Waals surface area contributed by atoms with Gasteiger partial charge in [-0.3, -0.25) is 14.6 Å². The summed E-state index contributed by atoms with van der Waals surface area (Å²) in [5, 5.41) is 3.91. The second-order valence-corrected chi connectivity index (χ2v) is 10.2. The van der Waals surface area contributed by atoms with Crippen molar-refractivity contribution in [2.75, 3.05) is 13.7 Å². The molecular weight excluding hydrogens is 566 g/mol. The lowest BCUT2D eigenvalue weighted by atomic mass is 9.97. The van der Waals surface area contributed by atoms with Gasteiger partial charge in [-0.05, 0) is 66.9 Å². The number of halogens is 3. The molecule has 2 heterocycles. The molecule has 0 saturated heterocycles. The van der Waals surface area contributed by atoms with Crippen molar-refractivity contribution in [2.45, 2.75) is 47.0 Å². The number of nitrogens with two attached hydrogens (primary N) is 1. The van der Waals surface area contributed by atoms with E-state index in [0.717, 1.165) is 10.9 Å². The van der Waals surface area contributed by atoms with Gasteiger partial charge in [0.1, 0.15) is 22.2 Å². The van der Waals surface area contributed by atoms with Gasteiger partial charge in [-0.25, -0.2) is 9.37 Å². The molecule has 0 saturated carbocycles. The molecule has 0 fully saturated rings. The Kier molecular flexibility index (Phi) is 11.0. The smallest absolute Gasteiger partial charge is 0.251 e. The first-order chi connectivity index (χ1) is 19.5. The third-order valence-corrected chi connectivity index (χ3v) is 6.82. The van der Waals surface area contributed by atoms with Crippen LogP contribution in [0.1, 0.15) is 64.7 Å². The molecule has 0 unspecified atom stereocenters. The number of primary amides is 1.